The summed E-state index contributed by atoms with van der Waals surface area (Å²) in [5, 5.41) is 6.98. The van der Waals surface area contributed by atoms with Crippen LogP contribution in [0.3, 0.4) is 0 Å². The first kappa shape index (κ1) is 16.3. The molecule has 4 rings (SSSR count). The van der Waals surface area contributed by atoms with Crippen LogP contribution in [0.15, 0.2) is 40.9 Å². The van der Waals surface area contributed by atoms with Crippen LogP contribution >= 0.6 is 0 Å². The molecule has 1 amide bonds. The molecule has 2 fully saturated rings. The maximum atomic E-state index is 12.4. The molecular weight excluding hydrogens is 314 g/mol. The van der Waals surface area contributed by atoms with Crippen LogP contribution in [-0.4, -0.2) is 35.1 Å². The summed E-state index contributed by atoms with van der Waals surface area (Å²) in [4.78, 5) is 14.8. The quantitative estimate of drug-likeness (QED) is 0.877. The highest BCUT2D eigenvalue weighted by Gasteiger charge is 2.29. The molecule has 5 nitrogen and oxygen atoms in total. The third-order valence-electron chi connectivity index (χ3n) is 5.22. The van der Waals surface area contributed by atoms with Crippen molar-refractivity contribution in [2.45, 2.75) is 50.6 Å². The molecule has 1 atom stereocenters. The van der Waals surface area contributed by atoms with Crippen molar-refractivity contribution >= 4 is 5.91 Å². The van der Waals surface area contributed by atoms with E-state index in [4.69, 9.17) is 4.52 Å². The SMILES string of the molecule is O=C(NC[C@@H]1CCCCN1Cc1ccccc1)c1cc(C2CC2)on1. The van der Waals surface area contributed by atoms with Crippen molar-refractivity contribution in [3.63, 3.8) is 0 Å². The second-order valence-electron chi connectivity index (χ2n) is 7.20. The van der Waals surface area contributed by atoms with Gasteiger partial charge in [-0.05, 0) is 37.8 Å². The Morgan fingerprint density at radius 2 is 2.04 bits per heavy atom. The maximum absolute atomic E-state index is 12.4. The van der Waals surface area contributed by atoms with Crippen LogP contribution in [0.5, 0.6) is 0 Å². The van der Waals surface area contributed by atoms with Gasteiger partial charge in [0.15, 0.2) is 5.69 Å². The molecule has 1 saturated carbocycles. The lowest BCUT2D eigenvalue weighted by Crippen LogP contribution is -2.46. The lowest BCUT2D eigenvalue weighted by molar-refractivity contribution is 0.0899. The molecule has 1 saturated heterocycles. The first-order chi connectivity index (χ1) is 12.3. The third-order valence-corrected chi connectivity index (χ3v) is 5.22. The van der Waals surface area contributed by atoms with Crippen LogP contribution in [0.1, 0.15) is 59.8 Å². The number of carbonyl (C=O) groups excluding carboxylic acids is 1. The number of benzene rings is 1. The molecule has 1 aliphatic heterocycles. The summed E-state index contributed by atoms with van der Waals surface area (Å²) in [6.45, 7) is 2.69. The average molecular weight is 339 g/mol. The summed E-state index contributed by atoms with van der Waals surface area (Å²) in [6, 6.07) is 12.7. The minimum absolute atomic E-state index is 0.124. The van der Waals surface area contributed by atoms with Crippen molar-refractivity contribution in [2.75, 3.05) is 13.1 Å². The molecule has 2 aromatic rings. The van der Waals surface area contributed by atoms with Crippen LogP contribution < -0.4 is 5.32 Å². The Bertz CT molecular complexity index is 709. The topological polar surface area (TPSA) is 58.4 Å². The molecular formula is C20H25N3O2. The van der Waals surface area contributed by atoms with Crippen LogP contribution in [0.2, 0.25) is 0 Å². The fourth-order valence-corrected chi connectivity index (χ4v) is 3.57. The van der Waals surface area contributed by atoms with E-state index in [1.54, 1.807) is 6.07 Å². The fourth-order valence-electron chi connectivity index (χ4n) is 3.57. The van der Waals surface area contributed by atoms with Gasteiger partial charge in [0.2, 0.25) is 0 Å². The molecule has 1 aromatic carbocycles. The summed E-state index contributed by atoms with van der Waals surface area (Å²) in [5.41, 5.74) is 1.73. The molecule has 0 unspecified atom stereocenters. The van der Waals surface area contributed by atoms with E-state index in [0.717, 1.165) is 38.1 Å². The Balaban J connectivity index is 1.33. The lowest BCUT2D eigenvalue weighted by atomic mass is 10.0. The van der Waals surface area contributed by atoms with E-state index in [9.17, 15) is 4.79 Å². The van der Waals surface area contributed by atoms with E-state index in [2.05, 4.69) is 39.6 Å². The van der Waals surface area contributed by atoms with Crippen molar-refractivity contribution in [3.8, 4) is 0 Å². The van der Waals surface area contributed by atoms with E-state index in [-0.39, 0.29) is 5.91 Å². The normalized spacial score (nSPS) is 21.2. The maximum Gasteiger partial charge on any atom is 0.273 e. The van der Waals surface area contributed by atoms with Crippen LogP contribution in [0, 0.1) is 0 Å². The number of nitrogens with one attached hydrogen (secondary N) is 1. The molecule has 0 spiro atoms. The molecule has 1 aliphatic carbocycles. The van der Waals surface area contributed by atoms with E-state index in [0.29, 0.717) is 24.2 Å². The Morgan fingerprint density at radius 1 is 1.20 bits per heavy atom. The molecule has 5 heteroatoms. The second kappa shape index (κ2) is 7.40. The van der Waals surface area contributed by atoms with Gasteiger partial charge in [-0.1, -0.05) is 41.9 Å². The van der Waals surface area contributed by atoms with E-state index in [1.165, 1.54) is 18.4 Å². The van der Waals surface area contributed by atoms with Gasteiger partial charge in [-0.2, -0.15) is 0 Å². The summed E-state index contributed by atoms with van der Waals surface area (Å²) in [5.74, 6) is 1.21. The summed E-state index contributed by atoms with van der Waals surface area (Å²) in [6.07, 6.45) is 5.87. The zero-order chi connectivity index (χ0) is 17.1. The summed E-state index contributed by atoms with van der Waals surface area (Å²) in [7, 11) is 0. The minimum atomic E-state index is -0.124. The van der Waals surface area contributed by atoms with Crippen molar-refractivity contribution < 1.29 is 9.32 Å². The second-order valence-corrected chi connectivity index (χ2v) is 7.20. The van der Waals surface area contributed by atoms with Gasteiger partial charge in [-0.3, -0.25) is 9.69 Å². The first-order valence-electron chi connectivity index (χ1n) is 9.32. The number of piperidine rings is 1. The van der Waals surface area contributed by atoms with Gasteiger partial charge in [-0.25, -0.2) is 0 Å². The van der Waals surface area contributed by atoms with Gasteiger partial charge >= 0.3 is 0 Å². The Kier molecular flexibility index (Phi) is 4.83. The van der Waals surface area contributed by atoms with Gasteiger partial charge in [-0.15, -0.1) is 0 Å². The standard InChI is InChI=1S/C20H25N3O2/c24-20(18-12-19(25-22-18)16-9-10-16)21-13-17-8-4-5-11-23(17)14-15-6-2-1-3-7-15/h1-3,6-7,12,16-17H,4-5,8-11,13-14H2,(H,21,24)/t17-/m0/s1. The largest absolute Gasteiger partial charge is 0.360 e. The van der Waals surface area contributed by atoms with Crippen molar-refractivity contribution in [2.24, 2.45) is 0 Å². The van der Waals surface area contributed by atoms with E-state index in [1.807, 2.05) is 6.07 Å². The molecule has 0 bridgehead atoms. The number of likely N-dealkylation sites (tertiary alicyclic amines) is 1. The molecule has 1 N–H and O–H groups in total. The van der Waals surface area contributed by atoms with Crippen LogP contribution in [0.4, 0.5) is 0 Å². The Hall–Kier alpha value is -2.14. The molecule has 0 radical (unpaired) electrons. The number of hydrogen-bond donors (Lipinski definition) is 1. The predicted octanol–water partition coefficient (Wildman–Crippen LogP) is 3.34. The zero-order valence-corrected chi connectivity index (χ0v) is 14.5. The highest BCUT2D eigenvalue weighted by atomic mass is 16.5. The number of hydrogen-bond acceptors (Lipinski definition) is 4. The monoisotopic (exact) mass is 339 g/mol. The molecule has 1 aromatic heterocycles. The van der Waals surface area contributed by atoms with Gasteiger partial charge in [0, 0.05) is 31.1 Å². The molecule has 132 valence electrons. The highest BCUT2D eigenvalue weighted by molar-refractivity contribution is 5.92. The van der Waals surface area contributed by atoms with Crippen LogP contribution in [-0.2, 0) is 6.54 Å². The fraction of sp³-hybridized carbons (Fsp3) is 0.500. The Morgan fingerprint density at radius 3 is 2.84 bits per heavy atom. The predicted molar refractivity (Wildman–Crippen MR) is 95.3 cm³/mol. The number of rotatable bonds is 6. The number of amides is 1. The first-order valence-corrected chi connectivity index (χ1v) is 9.32. The smallest absolute Gasteiger partial charge is 0.273 e. The number of aromatic nitrogens is 1. The lowest BCUT2D eigenvalue weighted by Gasteiger charge is -2.35. The molecule has 25 heavy (non-hydrogen) atoms. The minimum Gasteiger partial charge on any atom is -0.360 e. The van der Waals surface area contributed by atoms with E-state index >= 15 is 0 Å². The zero-order valence-electron chi connectivity index (χ0n) is 14.5. The van der Waals surface area contributed by atoms with Crippen molar-refractivity contribution in [3.05, 3.63) is 53.4 Å². The average Bonchev–Trinajstić information content (AvgIpc) is 3.38. The molecule has 2 heterocycles. The summed E-state index contributed by atoms with van der Waals surface area (Å²) >= 11 is 0. The third kappa shape index (κ3) is 4.10. The summed E-state index contributed by atoms with van der Waals surface area (Å²) < 4.78 is 5.28. The van der Waals surface area contributed by atoms with Gasteiger partial charge in [0.05, 0.1) is 0 Å². The van der Waals surface area contributed by atoms with Crippen molar-refractivity contribution in [1.29, 1.82) is 0 Å². The number of nitrogens with zero attached hydrogens (tertiary/aromatic N) is 2. The highest BCUT2D eigenvalue weighted by Crippen LogP contribution is 2.40. The number of carbonyl (C=O) groups is 1. The van der Waals surface area contributed by atoms with E-state index < -0.39 is 0 Å². The van der Waals surface area contributed by atoms with Gasteiger partial charge < -0.3 is 9.84 Å². The van der Waals surface area contributed by atoms with Gasteiger partial charge in [0.1, 0.15) is 5.76 Å². The van der Waals surface area contributed by atoms with Crippen molar-refractivity contribution in [1.82, 2.24) is 15.4 Å². The Labute approximate surface area is 148 Å². The molecule has 2 aliphatic rings. The van der Waals surface area contributed by atoms with Gasteiger partial charge in [0.25, 0.3) is 5.91 Å². The van der Waals surface area contributed by atoms with Crippen LogP contribution in [0.25, 0.3) is 0 Å².